The molecular weight excluding hydrogens is 889 g/mol. The highest BCUT2D eigenvalue weighted by atomic mass is 35.5. The van der Waals surface area contributed by atoms with Crippen LogP contribution < -0.4 is 30.7 Å². The molecule has 4 amide bonds. The lowest BCUT2D eigenvalue weighted by atomic mass is 9.85. The number of methoxy groups -OCH3 is 1. The predicted molar refractivity (Wildman–Crippen MR) is 251 cm³/mol. The van der Waals surface area contributed by atoms with Crippen molar-refractivity contribution in [3.8, 4) is 21.9 Å². The number of amides is 4. The number of aliphatic hydroxyl groups excluding tert-OH is 1. The molecule has 1 saturated carbocycles. The summed E-state index contributed by atoms with van der Waals surface area (Å²) in [5.41, 5.74) is 2.72. The topological polar surface area (TPSA) is 200 Å². The maximum Gasteiger partial charge on any atom is 0.258 e. The Kier molecular flexibility index (Phi) is 15.0. The number of alkyl halides is 1. The summed E-state index contributed by atoms with van der Waals surface area (Å²) < 4.78 is 26.7. The molecule has 0 radical (unpaired) electrons. The number of aliphatic hydroxyl groups is 1. The van der Waals surface area contributed by atoms with Gasteiger partial charge in [-0.2, -0.15) is 4.98 Å². The van der Waals surface area contributed by atoms with Crippen LogP contribution in [-0.4, -0.2) is 118 Å². The van der Waals surface area contributed by atoms with Gasteiger partial charge in [0.05, 0.1) is 47.8 Å². The van der Waals surface area contributed by atoms with Gasteiger partial charge in [-0.1, -0.05) is 44.5 Å². The molecule has 2 aromatic heterocycles. The third-order valence-electron chi connectivity index (χ3n) is 12.5. The first kappa shape index (κ1) is 48.3. The molecule has 7 rings (SSSR count). The van der Waals surface area contributed by atoms with Crippen LogP contribution in [0.3, 0.4) is 0 Å². The van der Waals surface area contributed by atoms with Crippen molar-refractivity contribution in [2.24, 2.45) is 11.3 Å². The Morgan fingerprint density at radius 2 is 1.83 bits per heavy atom. The van der Waals surface area contributed by atoms with Crippen molar-refractivity contribution in [1.29, 1.82) is 0 Å². The van der Waals surface area contributed by atoms with Crippen LogP contribution in [0.25, 0.3) is 10.4 Å². The summed E-state index contributed by atoms with van der Waals surface area (Å²) in [7, 11) is 3.26. The summed E-state index contributed by atoms with van der Waals surface area (Å²) in [6, 6.07) is 8.99. The molecule has 2 aliphatic heterocycles. The number of hydrogen-bond donors (Lipinski definition) is 5. The van der Waals surface area contributed by atoms with Gasteiger partial charge in [-0.25, -0.2) is 14.4 Å². The van der Waals surface area contributed by atoms with Crippen molar-refractivity contribution < 1.29 is 38.1 Å². The number of halogens is 2. The van der Waals surface area contributed by atoms with Gasteiger partial charge in [0.25, 0.3) is 11.8 Å². The van der Waals surface area contributed by atoms with Crippen LogP contribution >= 0.6 is 22.9 Å². The van der Waals surface area contributed by atoms with Gasteiger partial charge < -0.3 is 45.6 Å². The van der Waals surface area contributed by atoms with E-state index in [1.807, 2.05) is 30.0 Å². The fourth-order valence-corrected chi connectivity index (χ4v) is 9.37. The Bertz CT molecular complexity index is 2420. The molecule has 16 nitrogen and oxygen atoms in total. The van der Waals surface area contributed by atoms with E-state index in [0.29, 0.717) is 65.2 Å². The zero-order valence-corrected chi connectivity index (χ0v) is 39.8. The molecule has 1 aliphatic carbocycles. The Morgan fingerprint density at radius 1 is 1.08 bits per heavy atom. The molecule has 354 valence electrons. The van der Waals surface area contributed by atoms with E-state index in [2.05, 4.69) is 36.2 Å². The molecule has 0 spiro atoms. The summed E-state index contributed by atoms with van der Waals surface area (Å²) in [6.45, 7) is 8.93. The smallest absolute Gasteiger partial charge is 0.258 e. The number of likely N-dealkylation sites (tertiary alicyclic amines) is 2. The lowest BCUT2D eigenvalue weighted by Crippen LogP contribution is -2.59. The minimum absolute atomic E-state index is 0.0231. The van der Waals surface area contributed by atoms with E-state index in [4.69, 9.17) is 21.1 Å². The molecule has 5 N–H and O–H groups in total. The zero-order chi connectivity index (χ0) is 47.3. The van der Waals surface area contributed by atoms with Crippen molar-refractivity contribution in [3.05, 3.63) is 69.9 Å². The van der Waals surface area contributed by atoms with E-state index in [-0.39, 0.29) is 38.3 Å². The first-order chi connectivity index (χ1) is 31.5. The molecule has 0 unspecified atom stereocenters. The number of nitrogens with zero attached hydrogens (tertiary/aromatic N) is 5. The van der Waals surface area contributed by atoms with Crippen LogP contribution in [0.15, 0.2) is 48.1 Å². The number of rotatable bonds is 17. The molecule has 3 fully saturated rings. The van der Waals surface area contributed by atoms with E-state index >= 15 is 0 Å². The molecule has 19 heteroatoms. The summed E-state index contributed by atoms with van der Waals surface area (Å²) in [4.78, 5) is 71.3. The predicted octanol–water partition coefficient (Wildman–Crippen LogP) is 6.68. The van der Waals surface area contributed by atoms with Gasteiger partial charge in [0.2, 0.25) is 17.8 Å². The van der Waals surface area contributed by atoms with Crippen molar-refractivity contribution >= 4 is 64.0 Å². The Morgan fingerprint density at radius 3 is 2.50 bits per heavy atom. The number of β-amino-alcohol motifs (C(OH)–C–C–N with tert-alkyl or cyclic N) is 1. The van der Waals surface area contributed by atoms with E-state index in [0.717, 1.165) is 47.4 Å². The standard InChI is InChI=1S/C47H59ClFN9O7S/c1-27-38(66-26-53-27)29-9-10-31(23-51-41(60)35-22-32(59)25-58(35)43(62)39(46(2,3)4)55-44(63)47(49)15-16-47)36(20-29)65-19-7-8-28-13-17-57(18-14-28)42(61)30-11-12-34(37(21-30)64-6)54-45-52-24-33(48)40(50-5)56-45/h9-12,20-21,24,26,28,32,35,39,59H,7-8,13-19,22-23,25H2,1-6H3,(H,51,60)(H,55,63)(H2,50,52,54,56)/t32-,35+,39-/m1/s1. The third-order valence-corrected chi connectivity index (χ3v) is 13.7. The molecule has 2 aromatic carbocycles. The lowest BCUT2D eigenvalue weighted by molar-refractivity contribution is -0.145. The first-order valence-corrected chi connectivity index (χ1v) is 23.6. The number of carbonyl (C=O) groups excluding carboxylic acids is 4. The van der Waals surface area contributed by atoms with Crippen LogP contribution in [0, 0.1) is 18.3 Å². The van der Waals surface area contributed by atoms with E-state index in [9.17, 15) is 28.7 Å². The van der Waals surface area contributed by atoms with Gasteiger partial charge in [0.1, 0.15) is 34.4 Å². The monoisotopic (exact) mass is 947 g/mol. The number of carbonyl (C=O) groups is 4. The summed E-state index contributed by atoms with van der Waals surface area (Å²) in [5, 5.41) is 22.7. The van der Waals surface area contributed by atoms with Crippen molar-refractivity contribution in [2.45, 2.75) is 103 Å². The number of aromatic nitrogens is 3. The highest BCUT2D eigenvalue weighted by Crippen LogP contribution is 2.41. The minimum Gasteiger partial charge on any atom is -0.495 e. The van der Waals surface area contributed by atoms with E-state index < -0.39 is 47.0 Å². The number of hydrogen-bond acceptors (Lipinski definition) is 13. The molecule has 3 atom stereocenters. The number of nitrogens with one attached hydrogen (secondary N) is 4. The van der Waals surface area contributed by atoms with Crippen LogP contribution in [0.4, 0.5) is 21.8 Å². The van der Waals surface area contributed by atoms with Crippen molar-refractivity contribution in [2.75, 3.05) is 51.0 Å². The SMILES string of the molecule is CNc1nc(Nc2ccc(C(=O)N3CCC(CCCOc4cc(-c5scnc5C)ccc4CNC(=O)[C@@H]4C[C@@H](O)CN4C(=O)[C@@H](NC(=O)C4(F)CC4)C(C)(C)C)CC3)cc2OC)ncc1Cl. The molecular formula is C47H59ClFN9O7S. The number of anilines is 3. The maximum atomic E-state index is 14.7. The average molecular weight is 949 g/mol. The van der Waals surface area contributed by atoms with Gasteiger partial charge in [0.15, 0.2) is 5.67 Å². The number of aryl methyl sites for hydroxylation is 1. The number of piperidine rings is 1. The van der Waals surface area contributed by atoms with Crippen LogP contribution in [0.5, 0.6) is 11.5 Å². The van der Waals surface area contributed by atoms with Crippen molar-refractivity contribution in [3.63, 3.8) is 0 Å². The normalized spacial score (nSPS) is 18.6. The Balaban J connectivity index is 0.934. The van der Waals surface area contributed by atoms with Gasteiger partial charge in [-0.15, -0.1) is 11.3 Å². The molecule has 4 heterocycles. The molecule has 66 heavy (non-hydrogen) atoms. The average Bonchev–Trinajstić information content (AvgIpc) is 3.71. The number of thiazole rings is 1. The summed E-state index contributed by atoms with van der Waals surface area (Å²) >= 11 is 7.66. The number of ether oxygens (including phenoxy) is 2. The second-order valence-electron chi connectivity index (χ2n) is 18.3. The van der Waals surface area contributed by atoms with Gasteiger partial charge in [-0.3, -0.25) is 19.2 Å². The molecule has 4 aromatic rings. The number of benzene rings is 2. The Hall–Kier alpha value is -5.59. The van der Waals surface area contributed by atoms with Crippen molar-refractivity contribution in [1.82, 2.24) is 35.4 Å². The second kappa shape index (κ2) is 20.5. The van der Waals surface area contributed by atoms with Crippen LogP contribution in [0.2, 0.25) is 5.02 Å². The summed E-state index contributed by atoms with van der Waals surface area (Å²) in [6.07, 6.45) is 4.19. The molecule has 0 bridgehead atoms. The largest absolute Gasteiger partial charge is 0.495 e. The Labute approximate surface area is 393 Å². The highest BCUT2D eigenvalue weighted by molar-refractivity contribution is 7.13. The lowest BCUT2D eigenvalue weighted by Gasteiger charge is -2.35. The minimum atomic E-state index is -1.97. The molecule has 3 aliphatic rings. The summed E-state index contributed by atoms with van der Waals surface area (Å²) in [5.74, 6) is 0.405. The third kappa shape index (κ3) is 11.3. The quantitative estimate of drug-likeness (QED) is 0.0705. The van der Waals surface area contributed by atoms with Crippen LogP contribution in [0.1, 0.15) is 87.3 Å². The van der Waals surface area contributed by atoms with Crippen LogP contribution in [-0.2, 0) is 20.9 Å². The van der Waals surface area contributed by atoms with E-state index in [1.165, 1.54) is 22.4 Å². The highest BCUT2D eigenvalue weighted by Gasteiger charge is 2.53. The van der Waals surface area contributed by atoms with Gasteiger partial charge in [0, 0.05) is 50.8 Å². The maximum absolute atomic E-state index is 14.7. The zero-order valence-electron chi connectivity index (χ0n) is 38.2. The first-order valence-electron chi connectivity index (χ1n) is 22.3. The molecule has 2 saturated heterocycles. The van der Waals surface area contributed by atoms with E-state index in [1.54, 1.807) is 58.6 Å². The van der Waals surface area contributed by atoms with Gasteiger partial charge in [-0.05, 0) is 86.6 Å². The van der Waals surface area contributed by atoms with Gasteiger partial charge >= 0.3 is 0 Å². The second-order valence-corrected chi connectivity index (χ2v) is 19.6. The fourth-order valence-electron chi connectivity index (χ4n) is 8.39. The fraction of sp³-hybridized carbons (Fsp3) is 0.511.